The number of carboxylic acids is 1. The number of hydrogen-bond acceptors (Lipinski definition) is 4. The quantitative estimate of drug-likeness (QED) is 0.906. The lowest BCUT2D eigenvalue weighted by molar-refractivity contribution is -0.144. The fourth-order valence-corrected chi connectivity index (χ4v) is 1.61. The highest BCUT2D eigenvalue weighted by Gasteiger charge is 2.16. The maximum atomic E-state index is 13.8. The standard InChI is InChI=1S/C14H10ClF2NO4/c1-7(14(19)20)21-12-3-2-9(5-10(12)16)22-13-11(17)4-8(15)6-18-13/h2-7H,1H3,(H,19,20). The highest BCUT2D eigenvalue weighted by Crippen LogP contribution is 2.28. The molecule has 2 aromatic rings. The Labute approximate surface area is 129 Å². The van der Waals surface area contributed by atoms with Gasteiger partial charge in [0.1, 0.15) is 5.75 Å². The maximum absolute atomic E-state index is 13.8. The molecule has 5 nitrogen and oxygen atoms in total. The fraction of sp³-hybridized carbons (Fsp3) is 0.143. The summed E-state index contributed by atoms with van der Waals surface area (Å²) in [6.07, 6.45) is -0.0286. The van der Waals surface area contributed by atoms with E-state index < -0.39 is 23.7 Å². The van der Waals surface area contributed by atoms with Crippen molar-refractivity contribution in [3.05, 3.63) is 47.1 Å². The van der Waals surface area contributed by atoms with E-state index in [0.717, 1.165) is 12.1 Å². The minimum absolute atomic E-state index is 0.0263. The second kappa shape index (κ2) is 6.57. The van der Waals surface area contributed by atoms with Gasteiger partial charge < -0.3 is 14.6 Å². The minimum Gasteiger partial charge on any atom is -0.479 e. The number of aromatic nitrogens is 1. The zero-order chi connectivity index (χ0) is 16.3. The van der Waals surface area contributed by atoms with E-state index in [2.05, 4.69) is 4.98 Å². The van der Waals surface area contributed by atoms with Crippen LogP contribution in [-0.2, 0) is 4.79 Å². The number of hydrogen-bond donors (Lipinski definition) is 1. The third-order valence-electron chi connectivity index (χ3n) is 2.54. The molecule has 22 heavy (non-hydrogen) atoms. The van der Waals surface area contributed by atoms with E-state index in [1.54, 1.807) is 0 Å². The smallest absolute Gasteiger partial charge is 0.344 e. The number of benzene rings is 1. The van der Waals surface area contributed by atoms with Crippen LogP contribution in [0.1, 0.15) is 6.92 Å². The highest BCUT2D eigenvalue weighted by atomic mass is 35.5. The predicted molar refractivity (Wildman–Crippen MR) is 73.4 cm³/mol. The molecule has 0 bridgehead atoms. The molecule has 1 N–H and O–H groups in total. The summed E-state index contributed by atoms with van der Waals surface area (Å²) in [5, 5.41) is 8.80. The third kappa shape index (κ3) is 3.82. The summed E-state index contributed by atoms with van der Waals surface area (Å²) in [6, 6.07) is 4.41. The lowest BCUT2D eigenvalue weighted by Crippen LogP contribution is -2.23. The molecule has 116 valence electrons. The Morgan fingerprint density at radius 3 is 2.64 bits per heavy atom. The summed E-state index contributed by atoms with van der Waals surface area (Å²) < 4.78 is 37.3. The summed E-state index contributed by atoms with van der Waals surface area (Å²) in [5.41, 5.74) is 0. The lowest BCUT2D eigenvalue weighted by atomic mass is 10.3. The molecule has 1 atom stereocenters. The van der Waals surface area contributed by atoms with Crippen LogP contribution < -0.4 is 9.47 Å². The van der Waals surface area contributed by atoms with Crippen LogP contribution in [0.4, 0.5) is 8.78 Å². The first-order chi connectivity index (χ1) is 10.4. The van der Waals surface area contributed by atoms with Gasteiger partial charge in [0.25, 0.3) is 5.88 Å². The minimum atomic E-state index is -1.23. The van der Waals surface area contributed by atoms with Crippen LogP contribution >= 0.6 is 11.6 Å². The molecule has 1 aromatic heterocycles. The van der Waals surface area contributed by atoms with E-state index in [1.165, 1.54) is 25.3 Å². The fourth-order valence-electron chi connectivity index (χ4n) is 1.47. The molecule has 0 aliphatic rings. The van der Waals surface area contributed by atoms with E-state index in [4.69, 9.17) is 26.2 Å². The number of nitrogens with zero attached hydrogens (tertiary/aromatic N) is 1. The van der Waals surface area contributed by atoms with Gasteiger partial charge in [0, 0.05) is 12.3 Å². The Morgan fingerprint density at radius 1 is 1.32 bits per heavy atom. The molecule has 0 saturated heterocycles. The van der Waals surface area contributed by atoms with Gasteiger partial charge in [-0.25, -0.2) is 18.6 Å². The molecule has 8 heteroatoms. The van der Waals surface area contributed by atoms with Gasteiger partial charge in [-0.1, -0.05) is 11.6 Å². The van der Waals surface area contributed by atoms with E-state index >= 15 is 0 Å². The van der Waals surface area contributed by atoms with Gasteiger partial charge in [0.15, 0.2) is 23.5 Å². The molecular weight excluding hydrogens is 320 g/mol. The average Bonchev–Trinajstić information content (AvgIpc) is 2.44. The lowest BCUT2D eigenvalue weighted by Gasteiger charge is -2.12. The largest absolute Gasteiger partial charge is 0.479 e. The van der Waals surface area contributed by atoms with E-state index in [9.17, 15) is 13.6 Å². The van der Waals surface area contributed by atoms with Gasteiger partial charge in [-0.2, -0.15) is 0 Å². The van der Waals surface area contributed by atoms with Crippen molar-refractivity contribution < 1.29 is 28.2 Å². The van der Waals surface area contributed by atoms with Gasteiger partial charge in [0.05, 0.1) is 5.02 Å². The summed E-state index contributed by atoms with van der Waals surface area (Å²) in [5.74, 6) is -3.52. The normalized spacial score (nSPS) is 11.8. The highest BCUT2D eigenvalue weighted by molar-refractivity contribution is 6.30. The van der Waals surface area contributed by atoms with Crippen molar-refractivity contribution in [2.75, 3.05) is 0 Å². The van der Waals surface area contributed by atoms with Crippen molar-refractivity contribution in [2.24, 2.45) is 0 Å². The summed E-state index contributed by atoms with van der Waals surface area (Å²) in [6.45, 7) is 1.26. The number of pyridine rings is 1. The maximum Gasteiger partial charge on any atom is 0.344 e. The summed E-state index contributed by atoms with van der Waals surface area (Å²) in [7, 11) is 0. The van der Waals surface area contributed by atoms with Crippen LogP contribution in [0.5, 0.6) is 17.4 Å². The van der Waals surface area contributed by atoms with Crippen molar-refractivity contribution in [3.8, 4) is 17.4 Å². The number of rotatable bonds is 5. The summed E-state index contributed by atoms with van der Waals surface area (Å²) >= 11 is 5.56. The van der Waals surface area contributed by atoms with E-state index in [1.807, 2.05) is 0 Å². The van der Waals surface area contributed by atoms with E-state index in [0.29, 0.717) is 0 Å². The molecule has 1 heterocycles. The van der Waals surface area contributed by atoms with Crippen LogP contribution in [0.15, 0.2) is 30.5 Å². The van der Waals surface area contributed by atoms with Gasteiger partial charge in [0.2, 0.25) is 0 Å². The Kier molecular flexibility index (Phi) is 4.77. The van der Waals surface area contributed by atoms with Crippen LogP contribution in [0.2, 0.25) is 5.02 Å². The Balaban J connectivity index is 2.17. The molecule has 1 aromatic carbocycles. The first kappa shape index (κ1) is 16.0. The molecule has 0 saturated carbocycles. The number of carbonyl (C=O) groups is 1. The molecule has 0 radical (unpaired) electrons. The molecule has 0 fully saturated rings. The molecule has 2 rings (SSSR count). The molecular formula is C14H10ClF2NO4. The zero-order valence-electron chi connectivity index (χ0n) is 11.2. The van der Waals surface area contributed by atoms with Crippen molar-refractivity contribution in [3.63, 3.8) is 0 Å². The van der Waals surface area contributed by atoms with E-state index in [-0.39, 0.29) is 22.4 Å². The third-order valence-corrected chi connectivity index (χ3v) is 2.75. The molecule has 0 amide bonds. The Hall–Kier alpha value is -2.41. The Morgan fingerprint density at radius 2 is 2.05 bits per heavy atom. The summed E-state index contributed by atoms with van der Waals surface area (Å²) in [4.78, 5) is 14.3. The molecule has 1 unspecified atom stereocenters. The average molecular weight is 330 g/mol. The predicted octanol–water partition coefficient (Wildman–Crippen LogP) is 3.66. The first-order valence-corrected chi connectivity index (χ1v) is 6.42. The van der Waals surface area contributed by atoms with Crippen LogP contribution in [0.25, 0.3) is 0 Å². The van der Waals surface area contributed by atoms with Crippen LogP contribution in [0, 0.1) is 11.6 Å². The van der Waals surface area contributed by atoms with Gasteiger partial charge >= 0.3 is 5.97 Å². The van der Waals surface area contributed by atoms with Gasteiger partial charge in [-0.3, -0.25) is 0 Å². The second-order valence-electron chi connectivity index (χ2n) is 4.23. The van der Waals surface area contributed by atoms with Crippen molar-refractivity contribution >= 4 is 17.6 Å². The van der Waals surface area contributed by atoms with Crippen LogP contribution in [0.3, 0.4) is 0 Å². The first-order valence-electron chi connectivity index (χ1n) is 6.04. The number of halogens is 3. The van der Waals surface area contributed by atoms with Crippen molar-refractivity contribution in [1.29, 1.82) is 0 Å². The Bertz CT molecular complexity index is 711. The zero-order valence-corrected chi connectivity index (χ0v) is 12.0. The monoisotopic (exact) mass is 329 g/mol. The molecule has 0 aliphatic heterocycles. The van der Waals surface area contributed by atoms with Gasteiger partial charge in [-0.15, -0.1) is 0 Å². The number of aliphatic carboxylic acids is 1. The SMILES string of the molecule is CC(Oc1ccc(Oc2ncc(Cl)cc2F)cc1F)C(=O)O. The molecule has 0 spiro atoms. The number of ether oxygens (including phenoxy) is 2. The topological polar surface area (TPSA) is 68.7 Å². The van der Waals surface area contributed by atoms with Gasteiger partial charge in [-0.05, 0) is 25.1 Å². The van der Waals surface area contributed by atoms with Crippen molar-refractivity contribution in [1.82, 2.24) is 4.98 Å². The number of carboxylic acid groups (broad SMARTS) is 1. The molecule has 0 aliphatic carbocycles. The van der Waals surface area contributed by atoms with Crippen molar-refractivity contribution in [2.45, 2.75) is 13.0 Å². The second-order valence-corrected chi connectivity index (χ2v) is 4.67. The van der Waals surface area contributed by atoms with Crippen LogP contribution in [-0.4, -0.2) is 22.2 Å².